The molecule has 0 spiro atoms. The number of rotatable bonds is 5. The Kier molecular flexibility index (Phi) is 6.65. The van der Waals surface area contributed by atoms with Crippen LogP contribution >= 0.6 is 15.9 Å². The van der Waals surface area contributed by atoms with Gasteiger partial charge in [0.1, 0.15) is 11.6 Å². The van der Waals surface area contributed by atoms with Crippen molar-refractivity contribution in [2.24, 2.45) is 5.92 Å². The molecule has 1 fully saturated rings. The highest BCUT2D eigenvalue weighted by Crippen LogP contribution is 2.28. The first-order chi connectivity index (χ1) is 13.0. The Morgan fingerprint density at radius 1 is 1.41 bits per heavy atom. The average molecular weight is 439 g/mol. The monoisotopic (exact) mass is 438 g/mol. The minimum atomic E-state index is -0.394. The maximum Gasteiger partial charge on any atom is 0.261 e. The Morgan fingerprint density at radius 3 is 2.89 bits per heavy atom. The highest BCUT2D eigenvalue weighted by molar-refractivity contribution is 9.10. The third-order valence-corrected chi connectivity index (χ3v) is 5.87. The van der Waals surface area contributed by atoms with Crippen LogP contribution < -0.4 is 10.9 Å². The summed E-state index contributed by atoms with van der Waals surface area (Å²) < 4.78 is 16.1. The summed E-state index contributed by atoms with van der Waals surface area (Å²) in [4.78, 5) is 20.3. The lowest BCUT2D eigenvalue weighted by atomic mass is 10.1. The van der Waals surface area contributed by atoms with Gasteiger partial charge >= 0.3 is 0 Å². The number of hydrogen-bond donors (Lipinski definition) is 1. The van der Waals surface area contributed by atoms with E-state index < -0.39 is 5.82 Å². The van der Waals surface area contributed by atoms with Crippen molar-refractivity contribution in [2.45, 2.75) is 46.2 Å². The Morgan fingerprint density at radius 2 is 2.19 bits per heavy atom. The fourth-order valence-corrected chi connectivity index (χ4v) is 4.30. The molecule has 2 atom stereocenters. The summed E-state index contributed by atoms with van der Waals surface area (Å²) in [7, 11) is 0. The summed E-state index contributed by atoms with van der Waals surface area (Å²) in [5, 5.41) is 3.93. The van der Waals surface area contributed by atoms with Gasteiger partial charge in [-0.2, -0.15) is 0 Å². The first-order valence-electron chi connectivity index (χ1n) is 9.80. The van der Waals surface area contributed by atoms with E-state index in [0.29, 0.717) is 27.8 Å². The maximum absolute atomic E-state index is 14.1. The van der Waals surface area contributed by atoms with Crippen LogP contribution in [0.15, 0.2) is 21.4 Å². The predicted molar refractivity (Wildman–Crippen MR) is 111 cm³/mol. The summed E-state index contributed by atoms with van der Waals surface area (Å²) in [6, 6.07) is 2.96. The van der Waals surface area contributed by atoms with Gasteiger partial charge in [0.25, 0.3) is 5.56 Å². The minimum absolute atomic E-state index is 0.0566. The van der Waals surface area contributed by atoms with Gasteiger partial charge in [0.05, 0.1) is 21.4 Å². The third kappa shape index (κ3) is 4.25. The lowest BCUT2D eigenvalue weighted by Crippen LogP contribution is -2.38. The quantitative estimate of drug-likeness (QED) is 0.772. The molecule has 5 nitrogen and oxygen atoms in total. The van der Waals surface area contributed by atoms with Crippen LogP contribution in [-0.4, -0.2) is 40.6 Å². The van der Waals surface area contributed by atoms with Gasteiger partial charge in [-0.15, -0.1) is 0 Å². The molecule has 2 aromatic rings. The number of aromatic nitrogens is 2. The molecule has 0 unspecified atom stereocenters. The third-order valence-electron chi connectivity index (χ3n) is 5.26. The van der Waals surface area contributed by atoms with E-state index in [1.165, 1.54) is 6.07 Å². The first-order valence-corrected chi connectivity index (χ1v) is 10.6. The zero-order valence-electron chi connectivity index (χ0n) is 16.3. The Bertz CT molecular complexity index is 869. The first kappa shape index (κ1) is 20.4. The van der Waals surface area contributed by atoms with E-state index in [0.717, 1.165) is 44.8 Å². The van der Waals surface area contributed by atoms with Crippen LogP contribution in [0.3, 0.4) is 0 Å². The summed E-state index contributed by atoms with van der Waals surface area (Å²) in [6.07, 6.45) is 1.92. The van der Waals surface area contributed by atoms with Gasteiger partial charge in [-0.25, -0.2) is 9.37 Å². The highest BCUT2D eigenvalue weighted by Gasteiger charge is 2.27. The molecular weight excluding hydrogens is 411 g/mol. The number of hydrogen-bond acceptors (Lipinski definition) is 4. The van der Waals surface area contributed by atoms with Crippen molar-refractivity contribution < 1.29 is 4.39 Å². The lowest BCUT2D eigenvalue weighted by Gasteiger charge is -2.32. The van der Waals surface area contributed by atoms with Crippen molar-refractivity contribution in [1.82, 2.24) is 19.8 Å². The van der Waals surface area contributed by atoms with Crippen molar-refractivity contribution in [3.05, 3.63) is 38.6 Å². The minimum Gasteiger partial charge on any atom is -0.315 e. The van der Waals surface area contributed by atoms with Crippen LogP contribution in [0.4, 0.5) is 4.39 Å². The van der Waals surface area contributed by atoms with Crippen LogP contribution in [-0.2, 0) is 6.54 Å². The molecule has 1 aromatic heterocycles. The van der Waals surface area contributed by atoms with Crippen LogP contribution in [0.1, 0.15) is 45.5 Å². The van der Waals surface area contributed by atoms with E-state index in [1.807, 2.05) is 6.92 Å². The van der Waals surface area contributed by atoms with Crippen molar-refractivity contribution in [2.75, 3.05) is 26.2 Å². The number of benzene rings is 1. The average Bonchev–Trinajstić information content (AvgIpc) is 2.85. The zero-order valence-corrected chi connectivity index (χ0v) is 17.9. The predicted octanol–water partition coefficient (Wildman–Crippen LogP) is 3.70. The second kappa shape index (κ2) is 8.80. The van der Waals surface area contributed by atoms with Crippen LogP contribution in [0.2, 0.25) is 0 Å². The van der Waals surface area contributed by atoms with Gasteiger partial charge in [-0.05, 0) is 47.8 Å². The van der Waals surface area contributed by atoms with Gasteiger partial charge in [0.2, 0.25) is 0 Å². The topological polar surface area (TPSA) is 50.2 Å². The second-order valence-electron chi connectivity index (χ2n) is 7.41. The largest absolute Gasteiger partial charge is 0.315 e. The molecule has 1 aromatic carbocycles. The molecule has 1 aliphatic rings. The molecule has 1 aliphatic heterocycles. The molecule has 1 saturated heterocycles. The molecular formula is C20H28BrFN4O. The SMILES string of the molecule is CCC[C@H](c1nc2cc(F)c(Br)cc2c(=O)n1CC)N1CCNC[C@@H](C)C1. The summed E-state index contributed by atoms with van der Waals surface area (Å²) in [6.45, 7) is 10.7. The molecule has 0 saturated carbocycles. The molecule has 27 heavy (non-hydrogen) atoms. The van der Waals surface area contributed by atoms with E-state index in [4.69, 9.17) is 4.98 Å². The smallest absolute Gasteiger partial charge is 0.261 e. The van der Waals surface area contributed by atoms with Crippen LogP contribution in [0.5, 0.6) is 0 Å². The molecule has 3 rings (SSSR count). The van der Waals surface area contributed by atoms with Gasteiger partial charge in [0.15, 0.2) is 0 Å². The fraction of sp³-hybridized carbons (Fsp3) is 0.600. The molecule has 0 amide bonds. The van der Waals surface area contributed by atoms with Crippen LogP contribution in [0, 0.1) is 11.7 Å². The van der Waals surface area contributed by atoms with E-state index >= 15 is 0 Å². The van der Waals surface area contributed by atoms with E-state index in [2.05, 4.69) is 40.0 Å². The normalized spacial score (nSPS) is 20.0. The molecule has 0 bridgehead atoms. The maximum atomic E-state index is 14.1. The number of nitrogens with zero attached hydrogens (tertiary/aromatic N) is 3. The Balaban J connectivity index is 2.16. The zero-order chi connectivity index (χ0) is 19.6. The van der Waals surface area contributed by atoms with Gasteiger partial charge in [0, 0.05) is 32.2 Å². The Hall–Kier alpha value is -1.31. The van der Waals surface area contributed by atoms with Crippen molar-refractivity contribution >= 4 is 26.8 Å². The summed E-state index contributed by atoms with van der Waals surface area (Å²) >= 11 is 3.18. The molecule has 0 aliphatic carbocycles. The molecule has 1 N–H and O–H groups in total. The van der Waals surface area contributed by atoms with E-state index in [1.54, 1.807) is 10.6 Å². The van der Waals surface area contributed by atoms with E-state index in [-0.39, 0.29) is 11.6 Å². The molecule has 148 valence electrons. The highest BCUT2D eigenvalue weighted by atomic mass is 79.9. The lowest BCUT2D eigenvalue weighted by molar-refractivity contribution is 0.169. The standard InChI is InChI=1S/C20H28BrFN4O/c1-4-6-18(25-8-7-23-11-13(3)12-25)19-24-17-10-16(22)15(21)9-14(17)20(27)26(19)5-2/h9-10,13,18,23H,4-8,11-12H2,1-3H3/t13-,18-/m1/s1. The summed E-state index contributed by atoms with van der Waals surface area (Å²) in [5.41, 5.74) is 0.336. The Labute approximate surface area is 168 Å². The summed E-state index contributed by atoms with van der Waals surface area (Å²) in [5.74, 6) is 0.893. The number of halogens is 2. The van der Waals surface area contributed by atoms with Gasteiger partial charge < -0.3 is 5.32 Å². The molecule has 7 heteroatoms. The van der Waals surface area contributed by atoms with Crippen molar-refractivity contribution in [3.63, 3.8) is 0 Å². The second-order valence-corrected chi connectivity index (χ2v) is 8.27. The van der Waals surface area contributed by atoms with Gasteiger partial charge in [-0.3, -0.25) is 14.3 Å². The molecule has 2 heterocycles. The van der Waals surface area contributed by atoms with Crippen molar-refractivity contribution in [1.29, 1.82) is 0 Å². The van der Waals surface area contributed by atoms with Crippen LogP contribution in [0.25, 0.3) is 10.9 Å². The van der Waals surface area contributed by atoms with Gasteiger partial charge in [-0.1, -0.05) is 20.3 Å². The number of fused-ring (bicyclic) bond motifs is 1. The molecule has 0 radical (unpaired) electrons. The number of nitrogens with one attached hydrogen (secondary N) is 1. The van der Waals surface area contributed by atoms with Crippen molar-refractivity contribution in [3.8, 4) is 0 Å². The fourth-order valence-electron chi connectivity index (χ4n) is 3.95. The van der Waals surface area contributed by atoms with E-state index in [9.17, 15) is 9.18 Å².